The van der Waals surface area contributed by atoms with E-state index in [9.17, 15) is 18.0 Å². The van der Waals surface area contributed by atoms with Gasteiger partial charge in [0.2, 0.25) is 5.91 Å². The average Bonchev–Trinajstić information content (AvgIpc) is 3.27. The van der Waals surface area contributed by atoms with Crippen LogP contribution in [0.5, 0.6) is 0 Å². The lowest BCUT2D eigenvalue weighted by Gasteiger charge is -2.15. The Morgan fingerprint density at radius 1 is 1.46 bits per heavy atom. The predicted molar refractivity (Wildman–Crippen MR) is 88.7 cm³/mol. The molecule has 3 rings (SSSR count). The first kappa shape index (κ1) is 18.8. The Labute approximate surface area is 153 Å². The fourth-order valence-electron chi connectivity index (χ4n) is 2.79. The molecule has 2 aromatic rings. The van der Waals surface area contributed by atoms with Gasteiger partial charge < -0.3 is 5.32 Å². The maximum atomic E-state index is 13.1. The molecule has 0 saturated heterocycles. The number of alkyl halides is 3. The van der Waals surface area contributed by atoms with Crippen LogP contribution in [0.25, 0.3) is 0 Å². The van der Waals surface area contributed by atoms with Gasteiger partial charge in [-0.3, -0.25) is 14.2 Å². The standard InChI is InChI=1S/C16H19ClF3N5O/c1-8-11(7-22-24(8)3)6-21-15(26)9(2)25-13(10-4-5-10)12(17)14(23-25)16(18,19)20/h7,9-10H,4-6H2,1-3H3,(H,21,26). The van der Waals surface area contributed by atoms with Crippen molar-refractivity contribution in [1.29, 1.82) is 0 Å². The second kappa shape index (κ2) is 6.61. The Morgan fingerprint density at radius 3 is 2.62 bits per heavy atom. The van der Waals surface area contributed by atoms with Gasteiger partial charge in [-0.1, -0.05) is 11.6 Å². The fourth-order valence-corrected chi connectivity index (χ4v) is 3.17. The van der Waals surface area contributed by atoms with E-state index in [0.29, 0.717) is 5.69 Å². The molecule has 6 nitrogen and oxygen atoms in total. The largest absolute Gasteiger partial charge is 0.436 e. The van der Waals surface area contributed by atoms with Crippen LogP contribution in [0, 0.1) is 6.92 Å². The number of nitrogens with one attached hydrogen (secondary N) is 1. The molecule has 1 N–H and O–H groups in total. The summed E-state index contributed by atoms with van der Waals surface area (Å²) in [6.07, 6.45) is -1.53. The lowest BCUT2D eigenvalue weighted by Crippen LogP contribution is -2.32. The first-order valence-corrected chi connectivity index (χ1v) is 8.59. The van der Waals surface area contributed by atoms with E-state index in [-0.39, 0.29) is 12.5 Å². The normalized spacial score (nSPS) is 16.0. The summed E-state index contributed by atoms with van der Waals surface area (Å²) < 4.78 is 42.2. The molecule has 142 valence electrons. The highest BCUT2D eigenvalue weighted by Crippen LogP contribution is 2.47. The van der Waals surface area contributed by atoms with Gasteiger partial charge in [0.15, 0.2) is 5.69 Å². The molecule has 1 amide bonds. The summed E-state index contributed by atoms with van der Waals surface area (Å²) >= 11 is 5.95. The monoisotopic (exact) mass is 389 g/mol. The van der Waals surface area contributed by atoms with Crippen LogP contribution in [-0.2, 0) is 24.6 Å². The number of amides is 1. The van der Waals surface area contributed by atoms with E-state index in [1.165, 1.54) is 6.92 Å². The Hall–Kier alpha value is -2.03. The molecule has 1 fully saturated rings. The zero-order valence-corrected chi connectivity index (χ0v) is 15.3. The molecule has 0 aliphatic heterocycles. The maximum Gasteiger partial charge on any atom is 0.436 e. The van der Waals surface area contributed by atoms with E-state index < -0.39 is 28.8 Å². The summed E-state index contributed by atoms with van der Waals surface area (Å²) in [5, 5.41) is 10.0. The number of rotatable bonds is 5. The number of hydrogen-bond donors (Lipinski definition) is 1. The summed E-state index contributed by atoms with van der Waals surface area (Å²) in [4.78, 5) is 12.5. The van der Waals surface area contributed by atoms with Crippen molar-refractivity contribution < 1.29 is 18.0 Å². The second-order valence-corrected chi connectivity index (χ2v) is 6.91. The highest BCUT2D eigenvalue weighted by molar-refractivity contribution is 6.32. The lowest BCUT2D eigenvalue weighted by molar-refractivity contribution is -0.141. The quantitative estimate of drug-likeness (QED) is 0.852. The minimum Gasteiger partial charge on any atom is -0.350 e. The van der Waals surface area contributed by atoms with Crippen molar-refractivity contribution in [3.05, 3.63) is 33.9 Å². The third kappa shape index (κ3) is 3.44. The van der Waals surface area contributed by atoms with E-state index in [1.807, 2.05) is 6.92 Å². The molecule has 1 atom stereocenters. The zero-order valence-electron chi connectivity index (χ0n) is 14.6. The predicted octanol–water partition coefficient (Wildman–Crippen LogP) is 3.35. The van der Waals surface area contributed by atoms with Gasteiger partial charge in [0.25, 0.3) is 0 Å². The van der Waals surface area contributed by atoms with Gasteiger partial charge >= 0.3 is 6.18 Å². The van der Waals surface area contributed by atoms with Crippen LogP contribution in [0.4, 0.5) is 13.2 Å². The average molecular weight is 390 g/mol. The van der Waals surface area contributed by atoms with Crippen LogP contribution in [0.1, 0.15) is 54.4 Å². The molecule has 1 unspecified atom stereocenters. The van der Waals surface area contributed by atoms with Gasteiger partial charge in [-0.25, -0.2) is 0 Å². The maximum absolute atomic E-state index is 13.1. The van der Waals surface area contributed by atoms with E-state index in [0.717, 1.165) is 28.8 Å². The van der Waals surface area contributed by atoms with Crippen molar-refractivity contribution in [3.63, 3.8) is 0 Å². The van der Waals surface area contributed by atoms with Crippen LogP contribution >= 0.6 is 11.6 Å². The smallest absolute Gasteiger partial charge is 0.350 e. The SMILES string of the molecule is Cc1c(CNC(=O)C(C)n2nc(C(F)(F)F)c(Cl)c2C2CC2)cnn1C. The van der Waals surface area contributed by atoms with Crippen molar-refractivity contribution >= 4 is 17.5 Å². The van der Waals surface area contributed by atoms with Crippen LogP contribution in [0.3, 0.4) is 0 Å². The lowest BCUT2D eigenvalue weighted by atomic mass is 10.2. The van der Waals surface area contributed by atoms with Crippen LogP contribution < -0.4 is 5.32 Å². The molecule has 0 spiro atoms. The summed E-state index contributed by atoms with van der Waals surface area (Å²) in [6.45, 7) is 3.62. The van der Waals surface area contributed by atoms with Gasteiger partial charge in [-0.15, -0.1) is 0 Å². The van der Waals surface area contributed by atoms with Crippen molar-refractivity contribution in [2.75, 3.05) is 0 Å². The number of halogens is 4. The number of nitrogens with zero attached hydrogens (tertiary/aromatic N) is 4. The molecular weight excluding hydrogens is 371 g/mol. The van der Waals surface area contributed by atoms with Crippen molar-refractivity contribution in [2.45, 2.75) is 51.4 Å². The first-order chi connectivity index (χ1) is 12.1. The topological polar surface area (TPSA) is 64.7 Å². The van der Waals surface area contributed by atoms with Gasteiger partial charge in [-0.2, -0.15) is 23.4 Å². The highest BCUT2D eigenvalue weighted by Gasteiger charge is 2.43. The first-order valence-electron chi connectivity index (χ1n) is 8.21. The van der Waals surface area contributed by atoms with Crippen LogP contribution in [0.15, 0.2) is 6.20 Å². The van der Waals surface area contributed by atoms with Gasteiger partial charge in [0.1, 0.15) is 6.04 Å². The summed E-state index contributed by atoms with van der Waals surface area (Å²) in [5.41, 5.74) is 0.895. The molecule has 1 aliphatic carbocycles. The Morgan fingerprint density at radius 2 is 2.12 bits per heavy atom. The summed E-state index contributed by atoms with van der Waals surface area (Å²) in [7, 11) is 1.79. The fraction of sp³-hybridized carbons (Fsp3) is 0.562. The second-order valence-electron chi connectivity index (χ2n) is 6.54. The molecule has 1 saturated carbocycles. The van der Waals surface area contributed by atoms with E-state index in [1.54, 1.807) is 17.9 Å². The van der Waals surface area contributed by atoms with Crippen molar-refractivity contribution in [1.82, 2.24) is 24.9 Å². The molecular formula is C16H19ClF3N5O. The molecule has 1 aliphatic rings. The zero-order chi connectivity index (χ0) is 19.2. The number of carbonyl (C=O) groups is 1. The highest BCUT2D eigenvalue weighted by atomic mass is 35.5. The van der Waals surface area contributed by atoms with E-state index in [4.69, 9.17) is 11.6 Å². The molecule has 0 aromatic carbocycles. The summed E-state index contributed by atoms with van der Waals surface area (Å²) in [6, 6.07) is -0.906. The Bertz CT molecular complexity index is 838. The van der Waals surface area contributed by atoms with E-state index in [2.05, 4.69) is 15.5 Å². The van der Waals surface area contributed by atoms with Crippen LogP contribution in [0.2, 0.25) is 5.02 Å². The number of hydrogen-bond acceptors (Lipinski definition) is 3. The molecule has 2 heterocycles. The van der Waals surface area contributed by atoms with Crippen LogP contribution in [-0.4, -0.2) is 25.5 Å². The molecule has 10 heteroatoms. The molecule has 2 aromatic heterocycles. The Kier molecular flexibility index (Phi) is 4.76. The van der Waals surface area contributed by atoms with Gasteiger partial charge in [0, 0.05) is 30.8 Å². The van der Waals surface area contributed by atoms with Crippen molar-refractivity contribution in [3.8, 4) is 0 Å². The number of carbonyl (C=O) groups excluding carboxylic acids is 1. The third-order valence-electron chi connectivity index (χ3n) is 4.66. The Balaban J connectivity index is 1.81. The number of aryl methyl sites for hydroxylation is 1. The van der Waals surface area contributed by atoms with E-state index >= 15 is 0 Å². The minimum absolute atomic E-state index is 0.0816. The number of aromatic nitrogens is 4. The molecule has 0 radical (unpaired) electrons. The third-order valence-corrected chi connectivity index (χ3v) is 5.03. The molecule has 0 bridgehead atoms. The van der Waals surface area contributed by atoms with Gasteiger partial charge in [0.05, 0.1) is 16.9 Å². The minimum atomic E-state index is -4.66. The molecule has 26 heavy (non-hydrogen) atoms. The van der Waals surface area contributed by atoms with Crippen molar-refractivity contribution in [2.24, 2.45) is 7.05 Å². The summed E-state index contributed by atoms with van der Waals surface area (Å²) in [5.74, 6) is -0.509. The van der Waals surface area contributed by atoms with Gasteiger partial charge in [-0.05, 0) is 26.7 Å².